The van der Waals surface area contributed by atoms with Gasteiger partial charge in [0.05, 0.1) is 13.2 Å². The predicted molar refractivity (Wildman–Crippen MR) is 68.4 cm³/mol. The summed E-state index contributed by atoms with van der Waals surface area (Å²) in [5.74, 6) is 0.608. The normalized spacial score (nSPS) is 11.6. The summed E-state index contributed by atoms with van der Waals surface area (Å²) >= 11 is 1.65. The highest BCUT2D eigenvalue weighted by molar-refractivity contribution is 7.10. The van der Waals surface area contributed by atoms with Gasteiger partial charge in [0.25, 0.3) is 0 Å². The number of halogens is 1. The number of thiophene rings is 1. The maximum atomic E-state index is 6.08. The second-order valence-corrected chi connectivity index (χ2v) is 4.11. The van der Waals surface area contributed by atoms with Gasteiger partial charge in [-0.25, -0.2) is 4.98 Å². The minimum absolute atomic E-state index is 0. The van der Waals surface area contributed by atoms with E-state index in [1.165, 1.54) is 0 Å². The van der Waals surface area contributed by atoms with Gasteiger partial charge in [0.15, 0.2) is 0 Å². The Hall–Kier alpha value is -1.10. The van der Waals surface area contributed by atoms with Crippen molar-refractivity contribution in [3.8, 4) is 5.88 Å². The Bertz CT molecular complexity index is 416. The molecule has 0 aromatic carbocycles. The molecule has 5 heteroatoms. The second-order valence-electron chi connectivity index (χ2n) is 3.13. The zero-order valence-corrected chi connectivity index (χ0v) is 10.4. The molecule has 0 aliphatic carbocycles. The summed E-state index contributed by atoms with van der Waals surface area (Å²) in [7, 11) is 1.60. The minimum Gasteiger partial charge on any atom is -0.481 e. The van der Waals surface area contributed by atoms with Crippen molar-refractivity contribution in [3.05, 3.63) is 46.3 Å². The third kappa shape index (κ3) is 2.72. The molecule has 2 rings (SSSR count). The number of pyridine rings is 1. The molecule has 2 aromatic heterocycles. The minimum atomic E-state index is -0.0941. The number of hydrogen-bond acceptors (Lipinski definition) is 4. The van der Waals surface area contributed by atoms with Crippen molar-refractivity contribution in [2.24, 2.45) is 5.73 Å². The topological polar surface area (TPSA) is 48.1 Å². The van der Waals surface area contributed by atoms with Gasteiger partial charge < -0.3 is 10.5 Å². The molecular weight excluding hydrogens is 244 g/mol. The summed E-state index contributed by atoms with van der Waals surface area (Å²) < 4.78 is 4.99. The van der Waals surface area contributed by atoms with Gasteiger partial charge in [-0.2, -0.15) is 0 Å². The number of aromatic nitrogens is 1. The summed E-state index contributed by atoms with van der Waals surface area (Å²) in [6, 6.07) is 7.69. The highest BCUT2D eigenvalue weighted by atomic mass is 35.5. The van der Waals surface area contributed by atoms with Crippen molar-refractivity contribution < 1.29 is 4.74 Å². The molecule has 0 bridgehead atoms. The first-order valence-corrected chi connectivity index (χ1v) is 5.48. The maximum absolute atomic E-state index is 6.08. The SMILES string of the molecule is COc1ccc([C@@H](N)c2cccs2)cn1.Cl. The number of rotatable bonds is 3. The smallest absolute Gasteiger partial charge is 0.212 e. The van der Waals surface area contributed by atoms with Crippen LogP contribution in [0.15, 0.2) is 35.8 Å². The first kappa shape index (κ1) is 13.0. The predicted octanol–water partition coefficient (Wildman–Crippen LogP) is 2.62. The molecule has 2 heterocycles. The number of ether oxygens (including phenoxy) is 1. The van der Waals surface area contributed by atoms with E-state index in [2.05, 4.69) is 4.98 Å². The molecule has 0 fully saturated rings. The van der Waals surface area contributed by atoms with Crippen molar-refractivity contribution in [2.75, 3.05) is 7.11 Å². The molecule has 0 aliphatic rings. The Morgan fingerprint density at radius 2 is 2.19 bits per heavy atom. The van der Waals surface area contributed by atoms with Crippen LogP contribution in [0.4, 0.5) is 0 Å². The standard InChI is InChI=1S/C11H12N2OS.ClH/c1-14-10-5-4-8(7-13-10)11(12)9-3-2-6-15-9;/h2-7,11H,12H2,1H3;1H/t11-;/m1./s1. The van der Waals surface area contributed by atoms with E-state index < -0.39 is 0 Å². The van der Waals surface area contributed by atoms with E-state index in [0.717, 1.165) is 10.4 Å². The number of hydrogen-bond donors (Lipinski definition) is 1. The lowest BCUT2D eigenvalue weighted by Crippen LogP contribution is -2.10. The van der Waals surface area contributed by atoms with Gasteiger partial charge in [-0.05, 0) is 17.0 Å². The fourth-order valence-corrected chi connectivity index (χ4v) is 2.08. The average Bonchev–Trinajstić information content (AvgIpc) is 2.82. The van der Waals surface area contributed by atoms with Crippen molar-refractivity contribution in [3.63, 3.8) is 0 Å². The summed E-state index contributed by atoms with van der Waals surface area (Å²) in [6.07, 6.45) is 1.75. The van der Waals surface area contributed by atoms with Crippen LogP contribution >= 0.6 is 23.7 Å². The Balaban J connectivity index is 0.00000128. The molecule has 0 saturated heterocycles. The van der Waals surface area contributed by atoms with Crippen LogP contribution in [-0.4, -0.2) is 12.1 Å². The Morgan fingerprint density at radius 1 is 1.38 bits per heavy atom. The summed E-state index contributed by atoms with van der Waals surface area (Å²) in [4.78, 5) is 5.27. The molecule has 1 atom stereocenters. The van der Waals surface area contributed by atoms with Crippen LogP contribution in [0.25, 0.3) is 0 Å². The zero-order valence-electron chi connectivity index (χ0n) is 8.79. The molecule has 2 aromatic rings. The molecule has 0 spiro atoms. The van der Waals surface area contributed by atoms with E-state index in [1.807, 2.05) is 29.6 Å². The number of nitrogens with two attached hydrogens (primary N) is 1. The lowest BCUT2D eigenvalue weighted by atomic mass is 10.1. The largest absolute Gasteiger partial charge is 0.481 e. The molecule has 0 radical (unpaired) electrons. The van der Waals surface area contributed by atoms with Gasteiger partial charge in [0, 0.05) is 17.1 Å². The first-order chi connectivity index (χ1) is 7.31. The third-order valence-corrected chi connectivity index (χ3v) is 3.13. The van der Waals surface area contributed by atoms with E-state index in [-0.39, 0.29) is 18.4 Å². The first-order valence-electron chi connectivity index (χ1n) is 4.60. The molecule has 0 saturated carbocycles. The summed E-state index contributed by atoms with van der Waals surface area (Å²) in [6.45, 7) is 0. The molecule has 3 nitrogen and oxygen atoms in total. The van der Waals surface area contributed by atoms with Crippen LogP contribution in [0.2, 0.25) is 0 Å². The lowest BCUT2D eigenvalue weighted by Gasteiger charge is -2.09. The molecule has 2 N–H and O–H groups in total. The van der Waals surface area contributed by atoms with Crippen LogP contribution in [0, 0.1) is 0 Å². The maximum Gasteiger partial charge on any atom is 0.212 e. The van der Waals surface area contributed by atoms with Crippen LogP contribution in [-0.2, 0) is 0 Å². The van der Waals surface area contributed by atoms with Gasteiger partial charge in [-0.15, -0.1) is 23.7 Å². The van der Waals surface area contributed by atoms with Crippen LogP contribution in [0.5, 0.6) is 5.88 Å². The molecule has 0 amide bonds. The number of nitrogens with zero attached hydrogens (tertiary/aromatic N) is 1. The summed E-state index contributed by atoms with van der Waals surface area (Å²) in [5.41, 5.74) is 7.08. The van der Waals surface area contributed by atoms with Crippen molar-refractivity contribution in [2.45, 2.75) is 6.04 Å². The molecule has 16 heavy (non-hydrogen) atoms. The third-order valence-electron chi connectivity index (χ3n) is 2.18. The van der Waals surface area contributed by atoms with Gasteiger partial charge in [-0.1, -0.05) is 12.1 Å². The van der Waals surface area contributed by atoms with Crippen LogP contribution < -0.4 is 10.5 Å². The second kappa shape index (κ2) is 5.84. The van der Waals surface area contributed by atoms with Gasteiger partial charge in [0.2, 0.25) is 5.88 Å². The van der Waals surface area contributed by atoms with E-state index >= 15 is 0 Å². The Morgan fingerprint density at radius 3 is 2.69 bits per heavy atom. The van der Waals surface area contributed by atoms with E-state index in [0.29, 0.717) is 5.88 Å². The Labute approximate surface area is 105 Å². The van der Waals surface area contributed by atoms with Crippen LogP contribution in [0.3, 0.4) is 0 Å². The fraction of sp³-hybridized carbons (Fsp3) is 0.182. The van der Waals surface area contributed by atoms with Crippen molar-refractivity contribution in [1.29, 1.82) is 0 Å². The zero-order chi connectivity index (χ0) is 10.7. The number of methoxy groups -OCH3 is 1. The molecular formula is C11H13ClN2OS. The van der Waals surface area contributed by atoms with Gasteiger partial charge in [0.1, 0.15) is 0 Å². The molecule has 0 unspecified atom stereocenters. The van der Waals surface area contributed by atoms with Crippen molar-refractivity contribution in [1.82, 2.24) is 4.98 Å². The molecule has 86 valence electrons. The average molecular weight is 257 g/mol. The molecule has 0 aliphatic heterocycles. The highest BCUT2D eigenvalue weighted by Crippen LogP contribution is 2.23. The Kier molecular flexibility index (Phi) is 4.73. The quantitative estimate of drug-likeness (QED) is 0.918. The van der Waals surface area contributed by atoms with E-state index in [9.17, 15) is 0 Å². The summed E-state index contributed by atoms with van der Waals surface area (Å²) in [5, 5.41) is 2.02. The van der Waals surface area contributed by atoms with E-state index in [4.69, 9.17) is 10.5 Å². The van der Waals surface area contributed by atoms with Crippen LogP contribution in [0.1, 0.15) is 16.5 Å². The van der Waals surface area contributed by atoms with Gasteiger partial charge in [-0.3, -0.25) is 0 Å². The van der Waals surface area contributed by atoms with Crippen molar-refractivity contribution >= 4 is 23.7 Å². The lowest BCUT2D eigenvalue weighted by molar-refractivity contribution is 0.397. The van der Waals surface area contributed by atoms with Gasteiger partial charge >= 0.3 is 0 Å². The fourth-order valence-electron chi connectivity index (χ4n) is 1.33. The highest BCUT2D eigenvalue weighted by Gasteiger charge is 2.09. The monoisotopic (exact) mass is 256 g/mol. The van der Waals surface area contributed by atoms with E-state index in [1.54, 1.807) is 24.6 Å².